The molecule has 2 saturated carbocycles. The maximum atomic E-state index is 15.0. The molecule has 2 fully saturated rings. The van der Waals surface area contributed by atoms with Crippen LogP contribution in [0.1, 0.15) is 93.7 Å². The zero-order chi connectivity index (χ0) is 24.4. The zero-order valence-corrected chi connectivity index (χ0v) is 19.9. The van der Waals surface area contributed by atoms with Crippen LogP contribution in [-0.4, -0.2) is 11.4 Å². The summed E-state index contributed by atoms with van der Waals surface area (Å²) in [6.45, 7) is 3.93. The second-order valence-corrected chi connectivity index (χ2v) is 10.2. The van der Waals surface area contributed by atoms with Crippen molar-refractivity contribution < 1.29 is 27.4 Å². The molecular weight excluding hydrogens is 444 g/mol. The third-order valence-corrected chi connectivity index (χ3v) is 7.97. The van der Waals surface area contributed by atoms with Crippen LogP contribution in [0.2, 0.25) is 0 Å². The molecule has 34 heavy (non-hydrogen) atoms. The molecule has 0 amide bonds. The van der Waals surface area contributed by atoms with Crippen LogP contribution >= 0.6 is 0 Å². The van der Waals surface area contributed by atoms with E-state index < -0.39 is 29.6 Å². The standard InChI is InChI=1S/C28H34F4O2/c1-3-17-12-15-23(27(32)24(17)29)34-28(33)20-10-8-19(9-11-20)22-14-13-21(25(30)26(22)31)18-6-4-16(2)5-7-18/h12-16,18-20,28,33H,3-11H2,1-2H3. The summed E-state index contributed by atoms with van der Waals surface area (Å²) in [6, 6.07) is 6.28. The average molecular weight is 479 g/mol. The van der Waals surface area contributed by atoms with Crippen LogP contribution in [0.4, 0.5) is 17.6 Å². The third-order valence-electron chi connectivity index (χ3n) is 7.97. The van der Waals surface area contributed by atoms with E-state index in [2.05, 4.69) is 6.92 Å². The third kappa shape index (κ3) is 5.12. The lowest BCUT2D eigenvalue weighted by Gasteiger charge is -2.32. The van der Waals surface area contributed by atoms with E-state index in [1.165, 1.54) is 12.1 Å². The van der Waals surface area contributed by atoms with E-state index in [1.54, 1.807) is 19.1 Å². The Bertz CT molecular complexity index is 992. The van der Waals surface area contributed by atoms with E-state index in [0.717, 1.165) is 25.7 Å². The predicted octanol–water partition coefficient (Wildman–Crippen LogP) is 7.77. The Labute approximate surface area is 199 Å². The van der Waals surface area contributed by atoms with Crippen molar-refractivity contribution in [1.82, 2.24) is 0 Å². The minimum Gasteiger partial charge on any atom is -0.462 e. The fourth-order valence-electron chi connectivity index (χ4n) is 5.66. The zero-order valence-electron chi connectivity index (χ0n) is 19.9. The second-order valence-electron chi connectivity index (χ2n) is 10.2. The molecule has 0 saturated heterocycles. The molecule has 2 nitrogen and oxygen atoms in total. The molecule has 1 atom stereocenters. The minimum absolute atomic E-state index is 0.0828. The number of ether oxygens (including phenoxy) is 1. The lowest BCUT2D eigenvalue weighted by molar-refractivity contribution is -0.0757. The van der Waals surface area contributed by atoms with Gasteiger partial charge >= 0.3 is 0 Å². The second kappa shape index (κ2) is 10.7. The molecule has 0 spiro atoms. The Morgan fingerprint density at radius 1 is 0.765 bits per heavy atom. The van der Waals surface area contributed by atoms with Crippen LogP contribution in [0.25, 0.3) is 0 Å². The molecule has 2 aliphatic rings. The molecule has 1 unspecified atom stereocenters. The number of aliphatic hydroxyl groups excluding tert-OH is 1. The molecule has 6 heteroatoms. The highest BCUT2D eigenvalue weighted by atomic mass is 19.2. The van der Waals surface area contributed by atoms with Crippen LogP contribution in [0.5, 0.6) is 5.75 Å². The SMILES string of the molecule is CCc1ccc(OC(O)C2CCC(c3ccc(C4CCC(C)CC4)c(F)c3F)CC2)c(F)c1F. The highest BCUT2D eigenvalue weighted by Crippen LogP contribution is 2.42. The van der Waals surface area contributed by atoms with Gasteiger partial charge in [-0.1, -0.05) is 44.9 Å². The minimum atomic E-state index is -1.29. The van der Waals surface area contributed by atoms with E-state index in [9.17, 15) is 18.3 Å². The van der Waals surface area contributed by atoms with Gasteiger partial charge in [0.15, 0.2) is 29.5 Å². The van der Waals surface area contributed by atoms with Gasteiger partial charge in [-0.25, -0.2) is 13.2 Å². The molecule has 0 aliphatic heterocycles. The average Bonchev–Trinajstić information content (AvgIpc) is 2.84. The molecule has 186 valence electrons. The van der Waals surface area contributed by atoms with Gasteiger partial charge in [0.25, 0.3) is 0 Å². The Hall–Kier alpha value is -2.08. The molecule has 0 radical (unpaired) electrons. The van der Waals surface area contributed by atoms with Crippen molar-refractivity contribution in [2.24, 2.45) is 11.8 Å². The summed E-state index contributed by atoms with van der Waals surface area (Å²) in [5.41, 5.74) is 1.13. The lowest BCUT2D eigenvalue weighted by atomic mass is 9.76. The maximum Gasteiger partial charge on any atom is 0.201 e. The smallest absolute Gasteiger partial charge is 0.201 e. The summed E-state index contributed by atoms with van der Waals surface area (Å²) in [7, 11) is 0. The first kappa shape index (κ1) is 25.0. The molecule has 1 N–H and O–H groups in total. The molecule has 0 heterocycles. The van der Waals surface area contributed by atoms with Gasteiger partial charge in [0.1, 0.15) is 0 Å². The summed E-state index contributed by atoms with van der Waals surface area (Å²) in [4.78, 5) is 0. The van der Waals surface area contributed by atoms with Crippen molar-refractivity contribution in [1.29, 1.82) is 0 Å². The van der Waals surface area contributed by atoms with Crippen molar-refractivity contribution in [3.05, 3.63) is 64.2 Å². The Balaban J connectivity index is 1.38. The largest absolute Gasteiger partial charge is 0.462 e. The Kier molecular flexibility index (Phi) is 7.86. The van der Waals surface area contributed by atoms with E-state index in [-0.39, 0.29) is 29.1 Å². The number of hydrogen-bond acceptors (Lipinski definition) is 2. The number of halogens is 4. The summed E-state index contributed by atoms with van der Waals surface area (Å²) >= 11 is 0. The van der Waals surface area contributed by atoms with E-state index in [0.29, 0.717) is 49.1 Å². The van der Waals surface area contributed by atoms with Crippen LogP contribution in [0.15, 0.2) is 24.3 Å². The molecule has 2 aromatic carbocycles. The fraction of sp³-hybridized carbons (Fsp3) is 0.571. The van der Waals surface area contributed by atoms with Crippen molar-refractivity contribution in [3.8, 4) is 5.75 Å². The maximum absolute atomic E-state index is 15.0. The van der Waals surface area contributed by atoms with E-state index in [1.807, 2.05) is 0 Å². The highest BCUT2D eigenvalue weighted by molar-refractivity contribution is 5.32. The summed E-state index contributed by atoms with van der Waals surface area (Å²) < 4.78 is 63.6. The molecule has 2 aromatic rings. The monoisotopic (exact) mass is 478 g/mol. The summed E-state index contributed by atoms with van der Waals surface area (Å²) in [5.74, 6) is -3.54. The van der Waals surface area contributed by atoms with Gasteiger partial charge in [0.05, 0.1) is 0 Å². The highest BCUT2D eigenvalue weighted by Gasteiger charge is 2.32. The number of rotatable bonds is 6. The fourth-order valence-corrected chi connectivity index (χ4v) is 5.66. The predicted molar refractivity (Wildman–Crippen MR) is 124 cm³/mol. The van der Waals surface area contributed by atoms with Crippen molar-refractivity contribution in [2.45, 2.75) is 89.8 Å². The first-order valence-electron chi connectivity index (χ1n) is 12.6. The first-order valence-corrected chi connectivity index (χ1v) is 12.6. The van der Waals surface area contributed by atoms with Gasteiger partial charge in [-0.2, -0.15) is 4.39 Å². The number of aryl methyl sites for hydroxylation is 1. The van der Waals surface area contributed by atoms with Gasteiger partial charge in [-0.05, 0) is 85.5 Å². The Morgan fingerprint density at radius 2 is 1.29 bits per heavy atom. The van der Waals surface area contributed by atoms with Gasteiger partial charge in [0, 0.05) is 5.92 Å². The van der Waals surface area contributed by atoms with E-state index >= 15 is 4.39 Å². The summed E-state index contributed by atoms with van der Waals surface area (Å²) in [5, 5.41) is 10.5. The first-order chi connectivity index (χ1) is 16.3. The van der Waals surface area contributed by atoms with Crippen LogP contribution in [-0.2, 0) is 6.42 Å². The molecule has 0 aromatic heterocycles. The number of hydrogen-bond donors (Lipinski definition) is 1. The van der Waals surface area contributed by atoms with Gasteiger partial charge < -0.3 is 9.84 Å². The van der Waals surface area contributed by atoms with Crippen molar-refractivity contribution >= 4 is 0 Å². The van der Waals surface area contributed by atoms with Crippen LogP contribution < -0.4 is 4.74 Å². The Morgan fingerprint density at radius 3 is 1.82 bits per heavy atom. The quantitative estimate of drug-likeness (QED) is 0.339. The lowest BCUT2D eigenvalue weighted by Crippen LogP contribution is -2.30. The van der Waals surface area contributed by atoms with Crippen LogP contribution in [0, 0.1) is 35.1 Å². The van der Waals surface area contributed by atoms with Crippen molar-refractivity contribution in [3.63, 3.8) is 0 Å². The van der Waals surface area contributed by atoms with Gasteiger partial charge in [-0.15, -0.1) is 0 Å². The topological polar surface area (TPSA) is 29.5 Å². The van der Waals surface area contributed by atoms with Crippen LogP contribution in [0.3, 0.4) is 0 Å². The molecule has 0 bridgehead atoms. The van der Waals surface area contributed by atoms with Gasteiger partial charge in [-0.3, -0.25) is 0 Å². The van der Waals surface area contributed by atoms with E-state index in [4.69, 9.17) is 4.74 Å². The summed E-state index contributed by atoms with van der Waals surface area (Å²) in [6.07, 6.45) is 5.10. The number of benzene rings is 2. The number of aliphatic hydroxyl groups is 1. The molecular formula is C28H34F4O2. The normalized spacial score (nSPS) is 26.3. The van der Waals surface area contributed by atoms with Crippen molar-refractivity contribution in [2.75, 3.05) is 0 Å². The molecule has 2 aliphatic carbocycles. The molecule has 4 rings (SSSR count). The van der Waals surface area contributed by atoms with Gasteiger partial charge in [0.2, 0.25) is 5.82 Å².